The van der Waals surface area contributed by atoms with E-state index in [1.165, 1.54) is 0 Å². The lowest BCUT2D eigenvalue weighted by Gasteiger charge is -2.15. The predicted octanol–water partition coefficient (Wildman–Crippen LogP) is 5.43. The zero-order chi connectivity index (χ0) is 20.4. The highest BCUT2D eigenvalue weighted by atomic mass is 35.5. The van der Waals surface area contributed by atoms with Crippen LogP contribution >= 0.6 is 11.6 Å². The minimum Gasteiger partial charge on any atom is -0.493 e. The first-order chi connectivity index (χ1) is 14.1. The highest BCUT2D eigenvalue weighted by Gasteiger charge is 2.17. The summed E-state index contributed by atoms with van der Waals surface area (Å²) in [7, 11) is 4.82. The number of imidazole rings is 1. The lowest BCUT2D eigenvalue weighted by atomic mass is 10.1. The molecule has 0 radical (unpaired) electrons. The standard InChI is InChI=1S/C23H21ClN2O3/c1-27-20-11-15(12-21(28-2)22(20)29-3)14-26-19-13-17(24)9-10-18(19)25-23(26)16-7-5-4-6-8-16/h4-13H,14H2,1-3H3. The van der Waals surface area contributed by atoms with Crippen LogP contribution in [0, 0.1) is 0 Å². The van der Waals surface area contributed by atoms with Crippen LogP contribution < -0.4 is 14.2 Å². The van der Waals surface area contributed by atoms with Crippen molar-refractivity contribution in [2.75, 3.05) is 21.3 Å². The van der Waals surface area contributed by atoms with Crippen molar-refractivity contribution < 1.29 is 14.2 Å². The molecule has 0 N–H and O–H groups in total. The first-order valence-electron chi connectivity index (χ1n) is 9.14. The molecule has 0 aliphatic rings. The third kappa shape index (κ3) is 3.61. The van der Waals surface area contributed by atoms with Gasteiger partial charge in [0.2, 0.25) is 5.75 Å². The van der Waals surface area contributed by atoms with Gasteiger partial charge in [0.05, 0.1) is 32.4 Å². The van der Waals surface area contributed by atoms with Crippen LogP contribution in [0.4, 0.5) is 0 Å². The van der Waals surface area contributed by atoms with Gasteiger partial charge in [0, 0.05) is 17.1 Å². The molecule has 0 saturated heterocycles. The predicted molar refractivity (Wildman–Crippen MR) is 115 cm³/mol. The van der Waals surface area contributed by atoms with Gasteiger partial charge in [0.25, 0.3) is 0 Å². The third-order valence-electron chi connectivity index (χ3n) is 4.81. The lowest BCUT2D eigenvalue weighted by Crippen LogP contribution is -2.04. The molecule has 1 aromatic heterocycles. The number of aromatic nitrogens is 2. The van der Waals surface area contributed by atoms with E-state index in [0.29, 0.717) is 28.8 Å². The van der Waals surface area contributed by atoms with Crippen LogP contribution in [0.5, 0.6) is 17.2 Å². The number of rotatable bonds is 6. The van der Waals surface area contributed by atoms with E-state index in [4.69, 9.17) is 30.8 Å². The first-order valence-corrected chi connectivity index (χ1v) is 9.52. The molecular formula is C23H21ClN2O3. The average molecular weight is 409 g/mol. The van der Waals surface area contributed by atoms with Crippen molar-refractivity contribution in [3.8, 4) is 28.6 Å². The zero-order valence-electron chi connectivity index (χ0n) is 16.5. The summed E-state index contributed by atoms with van der Waals surface area (Å²) < 4.78 is 18.6. The quantitative estimate of drug-likeness (QED) is 0.426. The van der Waals surface area contributed by atoms with Gasteiger partial charge in [-0.3, -0.25) is 0 Å². The molecule has 4 aromatic rings. The van der Waals surface area contributed by atoms with Gasteiger partial charge in [0.15, 0.2) is 11.5 Å². The molecule has 0 amide bonds. The van der Waals surface area contributed by atoms with Crippen molar-refractivity contribution >= 4 is 22.6 Å². The van der Waals surface area contributed by atoms with Crippen molar-refractivity contribution in [3.63, 3.8) is 0 Å². The Morgan fingerprint density at radius 1 is 0.862 bits per heavy atom. The zero-order valence-corrected chi connectivity index (χ0v) is 17.2. The van der Waals surface area contributed by atoms with Crippen LogP contribution in [-0.4, -0.2) is 30.9 Å². The maximum Gasteiger partial charge on any atom is 0.203 e. The smallest absolute Gasteiger partial charge is 0.203 e. The van der Waals surface area contributed by atoms with E-state index in [-0.39, 0.29) is 0 Å². The Bertz CT molecular complexity index is 1130. The van der Waals surface area contributed by atoms with E-state index < -0.39 is 0 Å². The molecule has 0 saturated carbocycles. The molecule has 5 nitrogen and oxygen atoms in total. The van der Waals surface area contributed by atoms with Crippen LogP contribution in [0.3, 0.4) is 0 Å². The second-order valence-electron chi connectivity index (χ2n) is 6.55. The SMILES string of the molecule is COc1cc(Cn2c(-c3ccccc3)nc3ccc(Cl)cc32)cc(OC)c1OC. The second kappa shape index (κ2) is 8.05. The molecule has 0 fully saturated rings. The largest absolute Gasteiger partial charge is 0.493 e. The molecule has 0 unspecified atom stereocenters. The molecular weight excluding hydrogens is 388 g/mol. The van der Waals surface area contributed by atoms with Crippen molar-refractivity contribution in [2.45, 2.75) is 6.54 Å². The Morgan fingerprint density at radius 2 is 1.55 bits per heavy atom. The number of benzene rings is 3. The Hall–Kier alpha value is -3.18. The molecule has 3 aromatic carbocycles. The summed E-state index contributed by atoms with van der Waals surface area (Å²) >= 11 is 6.29. The highest BCUT2D eigenvalue weighted by molar-refractivity contribution is 6.31. The second-order valence-corrected chi connectivity index (χ2v) is 6.99. The summed E-state index contributed by atoms with van der Waals surface area (Å²) in [6, 6.07) is 19.7. The summed E-state index contributed by atoms with van der Waals surface area (Å²) in [6.07, 6.45) is 0. The van der Waals surface area contributed by atoms with Crippen LogP contribution in [0.1, 0.15) is 5.56 Å². The minimum atomic E-state index is 0.567. The molecule has 1 heterocycles. The number of fused-ring (bicyclic) bond motifs is 1. The van der Waals surface area contributed by atoms with Gasteiger partial charge in [0.1, 0.15) is 5.82 Å². The Kier molecular flexibility index (Phi) is 5.32. The van der Waals surface area contributed by atoms with Gasteiger partial charge >= 0.3 is 0 Å². The molecule has 0 bridgehead atoms. The molecule has 6 heteroatoms. The third-order valence-corrected chi connectivity index (χ3v) is 5.04. The van der Waals surface area contributed by atoms with E-state index in [1.54, 1.807) is 21.3 Å². The number of hydrogen-bond acceptors (Lipinski definition) is 4. The molecule has 148 valence electrons. The van der Waals surface area contributed by atoms with Crippen molar-refractivity contribution in [2.24, 2.45) is 0 Å². The number of methoxy groups -OCH3 is 3. The van der Waals surface area contributed by atoms with Crippen LogP contribution in [-0.2, 0) is 6.54 Å². The number of nitrogens with zero attached hydrogens (tertiary/aromatic N) is 2. The van der Waals surface area contributed by atoms with Gasteiger partial charge in [-0.25, -0.2) is 4.98 Å². The van der Waals surface area contributed by atoms with E-state index in [0.717, 1.165) is 28.0 Å². The van der Waals surface area contributed by atoms with Gasteiger partial charge in [-0.1, -0.05) is 41.9 Å². The van der Waals surface area contributed by atoms with Crippen molar-refractivity contribution in [1.82, 2.24) is 9.55 Å². The van der Waals surface area contributed by atoms with Crippen molar-refractivity contribution in [3.05, 3.63) is 71.2 Å². The Labute approximate surface area is 174 Å². The maximum atomic E-state index is 6.29. The fourth-order valence-corrected chi connectivity index (χ4v) is 3.64. The summed E-state index contributed by atoms with van der Waals surface area (Å²) in [5, 5.41) is 0.670. The average Bonchev–Trinajstić information content (AvgIpc) is 3.11. The first kappa shape index (κ1) is 19.2. The normalized spacial score (nSPS) is 10.9. The summed E-state index contributed by atoms with van der Waals surface area (Å²) in [6.45, 7) is 0.567. The van der Waals surface area contributed by atoms with Crippen molar-refractivity contribution in [1.29, 1.82) is 0 Å². The van der Waals surface area contributed by atoms with Crippen LogP contribution in [0.15, 0.2) is 60.7 Å². The van der Waals surface area contributed by atoms with Crippen LogP contribution in [0.25, 0.3) is 22.4 Å². The summed E-state index contributed by atoms with van der Waals surface area (Å²) in [4.78, 5) is 4.86. The molecule has 0 spiro atoms. The summed E-state index contributed by atoms with van der Waals surface area (Å²) in [5.74, 6) is 2.67. The fourth-order valence-electron chi connectivity index (χ4n) is 3.47. The lowest BCUT2D eigenvalue weighted by molar-refractivity contribution is 0.323. The highest BCUT2D eigenvalue weighted by Crippen LogP contribution is 2.39. The van der Waals surface area contributed by atoms with Crippen LogP contribution in [0.2, 0.25) is 5.02 Å². The van der Waals surface area contributed by atoms with E-state index in [1.807, 2.05) is 48.5 Å². The maximum absolute atomic E-state index is 6.29. The molecule has 0 aliphatic carbocycles. The van der Waals surface area contributed by atoms with Gasteiger partial charge in [-0.05, 0) is 35.9 Å². The van der Waals surface area contributed by atoms with E-state index in [2.05, 4.69) is 16.7 Å². The Balaban J connectivity index is 1.89. The number of ether oxygens (including phenoxy) is 3. The number of hydrogen-bond donors (Lipinski definition) is 0. The van der Waals surface area contributed by atoms with Gasteiger partial charge < -0.3 is 18.8 Å². The van der Waals surface area contributed by atoms with E-state index in [9.17, 15) is 0 Å². The topological polar surface area (TPSA) is 45.5 Å². The molecule has 29 heavy (non-hydrogen) atoms. The molecule has 0 aliphatic heterocycles. The molecule has 0 atom stereocenters. The van der Waals surface area contributed by atoms with Gasteiger partial charge in [-0.15, -0.1) is 0 Å². The molecule has 4 rings (SSSR count). The summed E-state index contributed by atoms with van der Waals surface area (Å²) in [5.41, 5.74) is 3.88. The minimum absolute atomic E-state index is 0.567. The Morgan fingerprint density at radius 3 is 2.17 bits per heavy atom. The fraction of sp³-hybridized carbons (Fsp3) is 0.174. The monoisotopic (exact) mass is 408 g/mol. The number of halogens is 1. The van der Waals surface area contributed by atoms with E-state index >= 15 is 0 Å². The van der Waals surface area contributed by atoms with Gasteiger partial charge in [-0.2, -0.15) is 0 Å².